The van der Waals surface area contributed by atoms with Crippen LogP contribution in [0.1, 0.15) is 32.8 Å². The van der Waals surface area contributed by atoms with Crippen LogP contribution < -0.4 is 14.8 Å². The number of nitrogens with zero attached hydrogens (tertiary/aromatic N) is 1. The summed E-state index contributed by atoms with van der Waals surface area (Å²) < 4.78 is 10.8. The largest absolute Gasteiger partial charge is 0.497 e. The van der Waals surface area contributed by atoms with Gasteiger partial charge >= 0.3 is 0 Å². The van der Waals surface area contributed by atoms with Gasteiger partial charge in [-0.05, 0) is 50.1 Å². The molecule has 0 radical (unpaired) electrons. The van der Waals surface area contributed by atoms with E-state index in [1.807, 2.05) is 38.1 Å². The second kappa shape index (κ2) is 11.5. The fraction of sp³-hybridized carbons (Fsp3) is 0.391. The van der Waals surface area contributed by atoms with Crippen molar-refractivity contribution in [3.8, 4) is 11.5 Å². The number of halogens is 1. The lowest BCUT2D eigenvalue weighted by molar-refractivity contribution is -0.142. The minimum absolute atomic E-state index is 0.0252. The highest BCUT2D eigenvalue weighted by Crippen LogP contribution is 2.23. The summed E-state index contributed by atoms with van der Waals surface area (Å²) in [5.41, 5.74) is 0.880. The highest BCUT2D eigenvalue weighted by Gasteiger charge is 2.27. The van der Waals surface area contributed by atoms with Gasteiger partial charge in [-0.2, -0.15) is 0 Å². The van der Waals surface area contributed by atoms with E-state index in [-0.39, 0.29) is 31.0 Å². The fourth-order valence-electron chi connectivity index (χ4n) is 2.76. The van der Waals surface area contributed by atoms with E-state index in [2.05, 4.69) is 5.32 Å². The first-order valence-corrected chi connectivity index (χ1v) is 10.3. The van der Waals surface area contributed by atoms with E-state index < -0.39 is 6.04 Å². The van der Waals surface area contributed by atoms with E-state index >= 15 is 0 Å². The Morgan fingerprint density at radius 2 is 1.77 bits per heavy atom. The van der Waals surface area contributed by atoms with Crippen molar-refractivity contribution in [3.05, 3.63) is 59.1 Å². The normalized spacial score (nSPS) is 12.6. The van der Waals surface area contributed by atoms with E-state index in [0.29, 0.717) is 10.8 Å². The van der Waals surface area contributed by atoms with Crippen molar-refractivity contribution in [3.63, 3.8) is 0 Å². The highest BCUT2D eigenvalue weighted by molar-refractivity contribution is 6.32. The molecule has 7 heteroatoms. The van der Waals surface area contributed by atoms with E-state index in [1.165, 1.54) is 4.90 Å². The average Bonchev–Trinajstić information content (AvgIpc) is 2.76. The lowest BCUT2D eigenvalue weighted by atomic mass is 10.1. The van der Waals surface area contributed by atoms with Crippen LogP contribution in [0.15, 0.2) is 48.5 Å². The number of carbonyl (C=O) groups is 2. The van der Waals surface area contributed by atoms with Crippen molar-refractivity contribution in [1.29, 1.82) is 0 Å². The van der Waals surface area contributed by atoms with Gasteiger partial charge in [0.15, 0.2) is 6.61 Å². The van der Waals surface area contributed by atoms with Gasteiger partial charge in [0.25, 0.3) is 5.91 Å². The predicted molar refractivity (Wildman–Crippen MR) is 118 cm³/mol. The van der Waals surface area contributed by atoms with Gasteiger partial charge in [-0.25, -0.2) is 0 Å². The Balaban J connectivity index is 2.16. The van der Waals surface area contributed by atoms with Crippen molar-refractivity contribution in [2.75, 3.05) is 13.7 Å². The Bertz CT molecular complexity index is 841. The van der Waals surface area contributed by atoms with Crippen LogP contribution in [-0.2, 0) is 16.1 Å². The number of carbonyl (C=O) groups excluding carboxylic acids is 2. The highest BCUT2D eigenvalue weighted by atomic mass is 35.5. The monoisotopic (exact) mass is 432 g/mol. The molecule has 0 aliphatic carbocycles. The zero-order valence-electron chi connectivity index (χ0n) is 17.9. The number of para-hydroxylation sites is 1. The van der Waals surface area contributed by atoms with Crippen LogP contribution in [0.4, 0.5) is 0 Å². The van der Waals surface area contributed by atoms with Crippen LogP contribution in [0.5, 0.6) is 11.5 Å². The van der Waals surface area contributed by atoms with Crippen molar-refractivity contribution in [1.82, 2.24) is 10.2 Å². The number of benzene rings is 2. The maximum absolute atomic E-state index is 13.0. The van der Waals surface area contributed by atoms with Gasteiger partial charge in [-0.15, -0.1) is 0 Å². The molecule has 0 aromatic heterocycles. The maximum atomic E-state index is 13.0. The number of methoxy groups -OCH3 is 1. The molecule has 0 aliphatic rings. The molecule has 6 nitrogen and oxygen atoms in total. The molecule has 162 valence electrons. The summed E-state index contributed by atoms with van der Waals surface area (Å²) >= 11 is 6.11. The molecule has 2 amide bonds. The summed E-state index contributed by atoms with van der Waals surface area (Å²) in [5.74, 6) is 0.636. The zero-order chi connectivity index (χ0) is 22.1. The molecule has 2 rings (SSSR count). The van der Waals surface area contributed by atoms with Gasteiger partial charge in [-0.1, -0.05) is 42.8 Å². The second-order valence-electron chi connectivity index (χ2n) is 7.08. The summed E-state index contributed by atoms with van der Waals surface area (Å²) in [4.78, 5) is 27.2. The summed E-state index contributed by atoms with van der Waals surface area (Å²) in [6.45, 7) is 5.69. The van der Waals surface area contributed by atoms with Crippen LogP contribution in [0, 0.1) is 0 Å². The van der Waals surface area contributed by atoms with Gasteiger partial charge in [0, 0.05) is 12.6 Å². The van der Waals surface area contributed by atoms with Crippen molar-refractivity contribution in [2.24, 2.45) is 0 Å². The maximum Gasteiger partial charge on any atom is 0.261 e. The molecule has 2 atom stereocenters. The molecule has 0 bridgehead atoms. The molecular formula is C23H29ClN2O4. The Hall–Kier alpha value is -2.73. The van der Waals surface area contributed by atoms with Crippen LogP contribution >= 0.6 is 11.6 Å². The van der Waals surface area contributed by atoms with Crippen LogP contribution in [0.25, 0.3) is 0 Å². The molecule has 30 heavy (non-hydrogen) atoms. The molecule has 0 saturated heterocycles. The molecule has 0 spiro atoms. The Labute approximate surface area is 183 Å². The Morgan fingerprint density at radius 1 is 1.10 bits per heavy atom. The summed E-state index contributed by atoms with van der Waals surface area (Å²) in [7, 11) is 1.60. The van der Waals surface area contributed by atoms with Gasteiger partial charge in [0.05, 0.1) is 12.1 Å². The van der Waals surface area contributed by atoms with Gasteiger partial charge in [-0.3, -0.25) is 9.59 Å². The lowest BCUT2D eigenvalue weighted by Gasteiger charge is -2.29. The molecule has 0 fully saturated rings. The SMILES string of the molecule is CC[C@H](C)NC(=O)[C@@H](C)N(Cc1ccc(OC)cc1)C(=O)COc1ccccc1Cl. The third-order valence-electron chi connectivity index (χ3n) is 4.87. The molecule has 0 saturated carbocycles. The Kier molecular flexibility index (Phi) is 8.99. The van der Waals surface area contributed by atoms with E-state index in [9.17, 15) is 9.59 Å². The van der Waals surface area contributed by atoms with Crippen molar-refractivity contribution in [2.45, 2.75) is 45.8 Å². The lowest BCUT2D eigenvalue weighted by Crippen LogP contribution is -2.50. The quantitative estimate of drug-likeness (QED) is 0.614. The molecular weight excluding hydrogens is 404 g/mol. The summed E-state index contributed by atoms with van der Waals surface area (Å²) in [6, 6.07) is 13.7. The third-order valence-corrected chi connectivity index (χ3v) is 5.18. The standard InChI is InChI=1S/C23H29ClN2O4/c1-5-16(2)25-23(28)17(3)26(14-18-10-12-19(29-4)13-11-18)22(27)15-30-21-9-7-6-8-20(21)24/h6-13,16-17H,5,14-15H2,1-4H3,(H,25,28)/t16-,17+/m0/s1. The number of amides is 2. The first kappa shape index (κ1) is 23.5. The average molecular weight is 433 g/mol. The molecule has 0 heterocycles. The second-order valence-corrected chi connectivity index (χ2v) is 7.49. The van der Waals surface area contributed by atoms with Gasteiger partial charge in [0.2, 0.25) is 5.91 Å². The molecule has 0 unspecified atom stereocenters. The van der Waals surface area contributed by atoms with Crippen LogP contribution in [-0.4, -0.2) is 42.5 Å². The van der Waals surface area contributed by atoms with E-state index in [1.54, 1.807) is 38.3 Å². The first-order valence-electron chi connectivity index (χ1n) is 9.95. The molecule has 0 aliphatic heterocycles. The molecule has 1 N–H and O–H groups in total. The first-order chi connectivity index (χ1) is 14.3. The number of ether oxygens (including phenoxy) is 2. The van der Waals surface area contributed by atoms with E-state index in [4.69, 9.17) is 21.1 Å². The summed E-state index contributed by atoms with van der Waals surface area (Å²) in [6.07, 6.45) is 0.806. The summed E-state index contributed by atoms with van der Waals surface area (Å²) in [5, 5.41) is 3.36. The molecule has 2 aromatic rings. The Morgan fingerprint density at radius 3 is 2.37 bits per heavy atom. The number of hydrogen-bond donors (Lipinski definition) is 1. The topological polar surface area (TPSA) is 67.9 Å². The minimum atomic E-state index is -0.663. The fourth-order valence-corrected chi connectivity index (χ4v) is 2.95. The number of nitrogens with one attached hydrogen (secondary N) is 1. The van der Waals surface area contributed by atoms with E-state index in [0.717, 1.165) is 17.7 Å². The van der Waals surface area contributed by atoms with Crippen LogP contribution in [0.2, 0.25) is 5.02 Å². The molecule has 2 aromatic carbocycles. The van der Waals surface area contributed by atoms with Gasteiger partial charge in [0.1, 0.15) is 17.5 Å². The minimum Gasteiger partial charge on any atom is -0.497 e. The zero-order valence-corrected chi connectivity index (χ0v) is 18.6. The van der Waals surface area contributed by atoms with Gasteiger partial charge < -0.3 is 19.7 Å². The van der Waals surface area contributed by atoms with Crippen molar-refractivity contribution < 1.29 is 19.1 Å². The predicted octanol–water partition coefficient (Wildman–Crippen LogP) is 4.06. The van der Waals surface area contributed by atoms with Crippen molar-refractivity contribution >= 4 is 23.4 Å². The number of rotatable bonds is 10. The third kappa shape index (κ3) is 6.66. The number of hydrogen-bond acceptors (Lipinski definition) is 4. The smallest absolute Gasteiger partial charge is 0.261 e. The van der Waals surface area contributed by atoms with Crippen LogP contribution in [0.3, 0.4) is 0 Å².